The van der Waals surface area contributed by atoms with Gasteiger partial charge in [0.15, 0.2) is 0 Å². The molecule has 0 aromatic heterocycles. The van der Waals surface area contributed by atoms with Crippen LogP contribution < -0.4 is 5.32 Å². The van der Waals surface area contributed by atoms with Crippen molar-refractivity contribution in [2.75, 3.05) is 6.61 Å². The molecule has 86 valence electrons. The molecule has 2 atom stereocenters. The molecule has 14 heavy (non-hydrogen) atoms. The Balaban J connectivity index is 3.89. The van der Waals surface area contributed by atoms with E-state index in [-0.39, 0.29) is 12.1 Å². The molecule has 0 aliphatic carbocycles. The first-order valence-electron chi connectivity index (χ1n) is 5.96. The lowest BCUT2D eigenvalue weighted by atomic mass is 9.93. The van der Waals surface area contributed by atoms with Crippen molar-refractivity contribution in [3.05, 3.63) is 0 Å². The first-order chi connectivity index (χ1) is 6.58. The van der Waals surface area contributed by atoms with E-state index in [1.807, 2.05) is 0 Å². The molecular formula is C12H27NO. The standard InChI is InChI=1S/C12H27NO/c1-5-7-8-11(3)13-12(4,6-2)9-10-14/h11,13-14H,5-10H2,1-4H3. The van der Waals surface area contributed by atoms with Crippen LogP contribution in [0, 0.1) is 0 Å². The summed E-state index contributed by atoms with van der Waals surface area (Å²) in [4.78, 5) is 0. The van der Waals surface area contributed by atoms with Crippen LogP contribution in [0.1, 0.15) is 59.8 Å². The van der Waals surface area contributed by atoms with Gasteiger partial charge in [0, 0.05) is 18.2 Å². The van der Waals surface area contributed by atoms with Gasteiger partial charge in [0.1, 0.15) is 0 Å². The van der Waals surface area contributed by atoms with Crippen molar-refractivity contribution in [3.63, 3.8) is 0 Å². The first-order valence-corrected chi connectivity index (χ1v) is 5.96. The molecule has 0 amide bonds. The number of aliphatic hydroxyl groups is 1. The Morgan fingerprint density at radius 3 is 2.43 bits per heavy atom. The molecule has 0 rings (SSSR count). The second-order valence-corrected chi connectivity index (χ2v) is 4.58. The van der Waals surface area contributed by atoms with Crippen molar-refractivity contribution in [1.29, 1.82) is 0 Å². The van der Waals surface area contributed by atoms with Gasteiger partial charge < -0.3 is 10.4 Å². The maximum atomic E-state index is 8.98. The van der Waals surface area contributed by atoms with Gasteiger partial charge in [-0.25, -0.2) is 0 Å². The minimum Gasteiger partial charge on any atom is -0.396 e. The van der Waals surface area contributed by atoms with Crippen LogP contribution in [0.4, 0.5) is 0 Å². The molecule has 2 unspecified atom stereocenters. The average molecular weight is 201 g/mol. The molecule has 0 spiro atoms. The van der Waals surface area contributed by atoms with E-state index in [2.05, 4.69) is 33.0 Å². The van der Waals surface area contributed by atoms with Crippen LogP contribution in [0.25, 0.3) is 0 Å². The SMILES string of the molecule is CCCCC(C)NC(C)(CC)CCO. The largest absolute Gasteiger partial charge is 0.396 e. The van der Waals surface area contributed by atoms with Crippen molar-refractivity contribution in [1.82, 2.24) is 5.32 Å². The highest BCUT2D eigenvalue weighted by Gasteiger charge is 2.22. The summed E-state index contributed by atoms with van der Waals surface area (Å²) >= 11 is 0. The lowest BCUT2D eigenvalue weighted by Gasteiger charge is -2.32. The molecule has 0 radical (unpaired) electrons. The van der Waals surface area contributed by atoms with Gasteiger partial charge in [0.25, 0.3) is 0 Å². The zero-order valence-electron chi connectivity index (χ0n) is 10.3. The quantitative estimate of drug-likeness (QED) is 0.633. The summed E-state index contributed by atoms with van der Waals surface area (Å²) in [7, 11) is 0. The number of unbranched alkanes of at least 4 members (excludes halogenated alkanes) is 1. The van der Waals surface area contributed by atoms with Gasteiger partial charge in [-0.1, -0.05) is 26.7 Å². The van der Waals surface area contributed by atoms with Gasteiger partial charge >= 0.3 is 0 Å². The third kappa shape index (κ3) is 5.61. The Kier molecular flexibility index (Phi) is 7.20. The molecule has 0 saturated heterocycles. The van der Waals surface area contributed by atoms with E-state index in [1.165, 1.54) is 19.3 Å². The monoisotopic (exact) mass is 201 g/mol. The van der Waals surface area contributed by atoms with Crippen LogP contribution >= 0.6 is 0 Å². The molecule has 0 bridgehead atoms. The van der Waals surface area contributed by atoms with Crippen LogP contribution in [0.3, 0.4) is 0 Å². The highest BCUT2D eigenvalue weighted by molar-refractivity contribution is 4.83. The van der Waals surface area contributed by atoms with E-state index in [9.17, 15) is 0 Å². The predicted octanol–water partition coefficient (Wildman–Crippen LogP) is 2.71. The molecule has 0 aliphatic rings. The van der Waals surface area contributed by atoms with Crippen LogP contribution in [-0.4, -0.2) is 23.3 Å². The molecule has 2 nitrogen and oxygen atoms in total. The third-order valence-electron chi connectivity index (χ3n) is 3.03. The second-order valence-electron chi connectivity index (χ2n) is 4.58. The molecule has 0 heterocycles. The fourth-order valence-electron chi connectivity index (χ4n) is 1.78. The minimum atomic E-state index is 0.113. The van der Waals surface area contributed by atoms with Gasteiger partial charge in [0.2, 0.25) is 0 Å². The summed E-state index contributed by atoms with van der Waals surface area (Å²) < 4.78 is 0. The molecule has 0 fully saturated rings. The number of rotatable bonds is 8. The highest BCUT2D eigenvalue weighted by Crippen LogP contribution is 2.16. The smallest absolute Gasteiger partial charge is 0.0448 e. The molecule has 2 N–H and O–H groups in total. The van der Waals surface area contributed by atoms with Crippen molar-refractivity contribution in [2.45, 2.75) is 71.4 Å². The summed E-state index contributed by atoms with van der Waals surface area (Å²) in [5, 5.41) is 12.6. The van der Waals surface area contributed by atoms with E-state index in [1.54, 1.807) is 0 Å². The summed E-state index contributed by atoms with van der Waals surface area (Å²) in [6.45, 7) is 9.11. The van der Waals surface area contributed by atoms with Crippen LogP contribution in [0.2, 0.25) is 0 Å². The second kappa shape index (κ2) is 7.24. The van der Waals surface area contributed by atoms with E-state index < -0.39 is 0 Å². The fourth-order valence-corrected chi connectivity index (χ4v) is 1.78. The summed E-state index contributed by atoms with van der Waals surface area (Å²) in [6, 6.07) is 0.562. The Morgan fingerprint density at radius 1 is 1.36 bits per heavy atom. The Morgan fingerprint density at radius 2 is 2.00 bits per heavy atom. The zero-order valence-corrected chi connectivity index (χ0v) is 10.3. The summed E-state index contributed by atoms with van der Waals surface area (Å²) in [5.74, 6) is 0. The van der Waals surface area contributed by atoms with E-state index in [4.69, 9.17) is 5.11 Å². The van der Waals surface area contributed by atoms with Gasteiger partial charge in [-0.05, 0) is 33.1 Å². The molecular weight excluding hydrogens is 174 g/mol. The lowest BCUT2D eigenvalue weighted by molar-refractivity contribution is 0.202. The maximum Gasteiger partial charge on any atom is 0.0448 e. The molecule has 2 heteroatoms. The molecule has 0 saturated carbocycles. The third-order valence-corrected chi connectivity index (χ3v) is 3.03. The van der Waals surface area contributed by atoms with Gasteiger partial charge in [0.05, 0.1) is 0 Å². The van der Waals surface area contributed by atoms with Crippen LogP contribution in [0.15, 0.2) is 0 Å². The number of aliphatic hydroxyl groups excluding tert-OH is 1. The average Bonchev–Trinajstić information content (AvgIpc) is 2.15. The zero-order chi connectivity index (χ0) is 11.0. The Labute approximate surface area is 89.1 Å². The normalized spacial score (nSPS) is 17.8. The van der Waals surface area contributed by atoms with Gasteiger partial charge in [-0.3, -0.25) is 0 Å². The van der Waals surface area contributed by atoms with Gasteiger partial charge in [-0.2, -0.15) is 0 Å². The molecule has 0 aliphatic heterocycles. The van der Waals surface area contributed by atoms with Crippen LogP contribution in [0.5, 0.6) is 0 Å². The van der Waals surface area contributed by atoms with Gasteiger partial charge in [-0.15, -0.1) is 0 Å². The molecule has 0 aromatic carbocycles. The van der Waals surface area contributed by atoms with E-state index in [0.29, 0.717) is 6.04 Å². The number of hydrogen-bond acceptors (Lipinski definition) is 2. The Bertz CT molecular complexity index is 138. The Hall–Kier alpha value is -0.0800. The summed E-state index contributed by atoms with van der Waals surface area (Å²) in [6.07, 6.45) is 5.70. The van der Waals surface area contributed by atoms with E-state index >= 15 is 0 Å². The number of hydrogen-bond donors (Lipinski definition) is 2. The first kappa shape index (κ1) is 13.9. The predicted molar refractivity (Wildman–Crippen MR) is 62.5 cm³/mol. The van der Waals surface area contributed by atoms with Crippen molar-refractivity contribution >= 4 is 0 Å². The van der Waals surface area contributed by atoms with Crippen molar-refractivity contribution < 1.29 is 5.11 Å². The van der Waals surface area contributed by atoms with E-state index in [0.717, 1.165) is 12.8 Å². The maximum absolute atomic E-state index is 8.98. The summed E-state index contributed by atoms with van der Waals surface area (Å²) in [5.41, 5.74) is 0.113. The van der Waals surface area contributed by atoms with Crippen LogP contribution in [-0.2, 0) is 0 Å². The highest BCUT2D eigenvalue weighted by atomic mass is 16.3. The van der Waals surface area contributed by atoms with Crippen molar-refractivity contribution in [3.8, 4) is 0 Å². The molecule has 0 aromatic rings. The fraction of sp³-hybridized carbons (Fsp3) is 1.00. The lowest BCUT2D eigenvalue weighted by Crippen LogP contribution is -2.47. The number of nitrogens with one attached hydrogen (secondary N) is 1. The topological polar surface area (TPSA) is 32.3 Å². The minimum absolute atomic E-state index is 0.113. The van der Waals surface area contributed by atoms with Crippen molar-refractivity contribution in [2.24, 2.45) is 0 Å².